The van der Waals surface area contributed by atoms with Crippen molar-refractivity contribution in [1.29, 1.82) is 0 Å². The predicted octanol–water partition coefficient (Wildman–Crippen LogP) is 2.07. The third kappa shape index (κ3) is 6.58. The van der Waals surface area contributed by atoms with Gasteiger partial charge in [0.25, 0.3) is 5.69 Å². The molecule has 2 atom stereocenters. The highest BCUT2D eigenvalue weighted by molar-refractivity contribution is 7.89. The lowest BCUT2D eigenvalue weighted by Gasteiger charge is -2.22. The number of benzene rings is 1. The molecule has 0 spiro atoms. The predicted molar refractivity (Wildman–Crippen MR) is 116 cm³/mol. The maximum Gasteiger partial charge on any atom is 0.308 e. The largest absolute Gasteiger partial charge is 0.463 e. The lowest BCUT2D eigenvalue weighted by atomic mass is 10.0. The molecule has 0 saturated heterocycles. The Morgan fingerprint density at radius 3 is 2.39 bits per heavy atom. The van der Waals surface area contributed by atoms with Crippen molar-refractivity contribution in [3.05, 3.63) is 51.4 Å². The zero-order chi connectivity index (χ0) is 24.9. The summed E-state index contributed by atoms with van der Waals surface area (Å²) in [6.07, 6.45) is -0.821. The molecule has 180 valence electrons. The highest BCUT2D eigenvalue weighted by atomic mass is 32.2. The van der Waals surface area contributed by atoms with E-state index in [9.17, 15) is 28.1 Å². The second-order valence-corrected chi connectivity index (χ2v) is 9.27. The average Bonchev–Trinajstić information content (AvgIpc) is 3.05. The number of ether oxygens (including phenoxy) is 1. The molecule has 1 aromatic heterocycles. The van der Waals surface area contributed by atoms with Gasteiger partial charge in [0.1, 0.15) is 10.6 Å². The van der Waals surface area contributed by atoms with Crippen molar-refractivity contribution in [2.75, 3.05) is 0 Å². The Kier molecular flexibility index (Phi) is 8.28. The third-order valence-electron chi connectivity index (χ3n) is 4.53. The first-order chi connectivity index (χ1) is 15.3. The van der Waals surface area contributed by atoms with Gasteiger partial charge in [-0.15, -0.1) is 0 Å². The van der Waals surface area contributed by atoms with Gasteiger partial charge in [-0.1, -0.05) is 23.4 Å². The Labute approximate surface area is 190 Å². The molecule has 0 aliphatic rings. The smallest absolute Gasteiger partial charge is 0.308 e. The maximum absolute atomic E-state index is 12.8. The van der Waals surface area contributed by atoms with E-state index in [1.165, 1.54) is 45.0 Å². The van der Waals surface area contributed by atoms with Gasteiger partial charge >= 0.3 is 5.97 Å². The molecule has 0 aliphatic heterocycles. The number of carbonyl (C=O) groups is 2. The molecule has 0 saturated carbocycles. The number of aryl methyl sites for hydroxylation is 2. The summed E-state index contributed by atoms with van der Waals surface area (Å²) in [5.41, 5.74) is -0.0942. The molecule has 1 amide bonds. The minimum atomic E-state index is -4.15. The number of rotatable bonds is 10. The van der Waals surface area contributed by atoms with E-state index >= 15 is 0 Å². The van der Waals surface area contributed by atoms with Crippen molar-refractivity contribution < 1.29 is 32.2 Å². The topological polar surface area (TPSA) is 171 Å². The number of amides is 1. The highest BCUT2D eigenvalue weighted by Crippen LogP contribution is 2.28. The number of sulfonamides is 1. The van der Waals surface area contributed by atoms with Gasteiger partial charge in [0.15, 0.2) is 5.76 Å². The van der Waals surface area contributed by atoms with Gasteiger partial charge in [-0.05, 0) is 34.6 Å². The van der Waals surface area contributed by atoms with Crippen molar-refractivity contribution in [3.63, 3.8) is 0 Å². The van der Waals surface area contributed by atoms with Gasteiger partial charge in [-0.3, -0.25) is 19.7 Å². The molecule has 1 heterocycles. The van der Waals surface area contributed by atoms with Crippen LogP contribution in [-0.2, 0) is 24.3 Å². The monoisotopic (exact) mass is 482 g/mol. The van der Waals surface area contributed by atoms with E-state index in [0.29, 0.717) is 0 Å². The molecule has 33 heavy (non-hydrogen) atoms. The first kappa shape index (κ1) is 25.9. The first-order valence-electron chi connectivity index (χ1n) is 10.0. The number of nitro groups is 1. The summed E-state index contributed by atoms with van der Waals surface area (Å²) in [7, 11) is -4.15. The molecular weight excluding hydrogens is 456 g/mol. The van der Waals surface area contributed by atoms with Crippen LogP contribution in [0.15, 0.2) is 33.7 Å². The van der Waals surface area contributed by atoms with Crippen molar-refractivity contribution in [1.82, 2.24) is 15.2 Å². The summed E-state index contributed by atoms with van der Waals surface area (Å²) in [5.74, 6) is -1.43. The minimum Gasteiger partial charge on any atom is -0.463 e. The fourth-order valence-corrected chi connectivity index (χ4v) is 4.70. The summed E-state index contributed by atoms with van der Waals surface area (Å²) in [6.45, 7) is 7.45. The number of nitrogens with zero attached hydrogens (tertiary/aromatic N) is 2. The van der Waals surface area contributed by atoms with Crippen LogP contribution in [0, 0.1) is 24.0 Å². The number of hydrogen-bond acceptors (Lipinski definition) is 9. The molecule has 12 nitrogen and oxygen atoms in total. The van der Waals surface area contributed by atoms with Crippen LogP contribution in [0.5, 0.6) is 0 Å². The second kappa shape index (κ2) is 10.5. The number of aromatic nitrogens is 1. The molecule has 0 fully saturated rings. The number of hydrogen-bond donors (Lipinski definition) is 2. The van der Waals surface area contributed by atoms with Crippen LogP contribution in [0.1, 0.15) is 50.3 Å². The Bertz CT molecular complexity index is 1120. The minimum absolute atomic E-state index is 0.0572. The van der Waals surface area contributed by atoms with Gasteiger partial charge in [-0.2, -0.15) is 4.72 Å². The summed E-state index contributed by atoms with van der Waals surface area (Å²) in [5, 5.41) is 17.6. The van der Waals surface area contributed by atoms with Crippen LogP contribution in [-0.4, -0.2) is 42.5 Å². The van der Waals surface area contributed by atoms with Crippen molar-refractivity contribution >= 4 is 27.6 Å². The van der Waals surface area contributed by atoms with Gasteiger partial charge < -0.3 is 14.6 Å². The molecule has 2 N–H and O–H groups in total. The lowest BCUT2D eigenvalue weighted by molar-refractivity contribution is -0.385. The third-order valence-corrected chi connectivity index (χ3v) is 6.31. The summed E-state index contributed by atoms with van der Waals surface area (Å²) >= 11 is 0. The SMILES string of the molecule is Cc1noc(C)c1S(=O)(=O)N[C@@H](C)C(=O)NC(CC(=O)OC(C)C)c1ccccc1[N+](=O)[O-]. The number of carbonyl (C=O) groups excluding carboxylic acids is 2. The van der Waals surface area contributed by atoms with Gasteiger partial charge in [0.2, 0.25) is 15.9 Å². The van der Waals surface area contributed by atoms with Crippen molar-refractivity contribution in [3.8, 4) is 0 Å². The fourth-order valence-electron chi connectivity index (χ4n) is 3.17. The van der Waals surface area contributed by atoms with E-state index in [1.807, 2.05) is 0 Å². The summed E-state index contributed by atoms with van der Waals surface area (Å²) < 4.78 is 37.6. The number of esters is 1. The van der Waals surface area contributed by atoms with Gasteiger partial charge in [-0.25, -0.2) is 8.42 Å². The van der Waals surface area contributed by atoms with E-state index in [1.54, 1.807) is 13.8 Å². The van der Waals surface area contributed by atoms with E-state index in [-0.39, 0.29) is 27.6 Å². The normalized spacial score (nSPS) is 13.4. The Morgan fingerprint density at radius 2 is 1.85 bits per heavy atom. The van der Waals surface area contributed by atoms with Crippen LogP contribution in [0.3, 0.4) is 0 Å². The van der Waals surface area contributed by atoms with Crippen LogP contribution < -0.4 is 10.0 Å². The van der Waals surface area contributed by atoms with Gasteiger partial charge in [0.05, 0.1) is 35.1 Å². The molecule has 13 heteroatoms. The van der Waals surface area contributed by atoms with Crippen LogP contribution in [0.4, 0.5) is 5.69 Å². The Balaban J connectivity index is 2.29. The highest BCUT2D eigenvalue weighted by Gasteiger charge is 2.31. The van der Waals surface area contributed by atoms with Gasteiger partial charge in [0, 0.05) is 6.07 Å². The molecule has 2 aromatic rings. The fraction of sp³-hybridized carbons (Fsp3) is 0.450. The zero-order valence-corrected chi connectivity index (χ0v) is 19.6. The zero-order valence-electron chi connectivity index (χ0n) is 18.8. The molecule has 1 unspecified atom stereocenters. The van der Waals surface area contributed by atoms with E-state index < -0.39 is 51.4 Å². The summed E-state index contributed by atoms with van der Waals surface area (Å²) in [6, 6.07) is 3.22. The molecule has 1 aromatic carbocycles. The van der Waals surface area contributed by atoms with Crippen LogP contribution in [0.25, 0.3) is 0 Å². The lowest BCUT2D eigenvalue weighted by Crippen LogP contribution is -2.46. The van der Waals surface area contributed by atoms with E-state index in [4.69, 9.17) is 9.26 Å². The van der Waals surface area contributed by atoms with Crippen molar-refractivity contribution in [2.24, 2.45) is 0 Å². The molecular formula is C20H26N4O8S. The van der Waals surface area contributed by atoms with E-state index in [0.717, 1.165) is 0 Å². The molecule has 0 radical (unpaired) electrons. The van der Waals surface area contributed by atoms with Crippen LogP contribution in [0.2, 0.25) is 0 Å². The van der Waals surface area contributed by atoms with Crippen LogP contribution >= 0.6 is 0 Å². The maximum atomic E-state index is 12.8. The Morgan fingerprint density at radius 1 is 1.21 bits per heavy atom. The molecule has 0 aliphatic carbocycles. The van der Waals surface area contributed by atoms with Crippen molar-refractivity contribution in [2.45, 2.75) is 64.1 Å². The first-order valence-corrected chi connectivity index (χ1v) is 11.5. The molecule has 0 bridgehead atoms. The number of para-hydroxylation sites is 1. The Hall–Kier alpha value is -3.32. The molecule has 2 rings (SSSR count). The summed E-state index contributed by atoms with van der Waals surface area (Å²) in [4.78, 5) is 35.7. The number of nitrogens with one attached hydrogen (secondary N) is 2. The van der Waals surface area contributed by atoms with E-state index in [2.05, 4.69) is 15.2 Å². The average molecular weight is 483 g/mol. The standard InChI is InChI=1S/C20H26N4O8S/c1-11(2)31-18(25)10-16(15-8-6-7-9-17(15)24(27)28)21-20(26)13(4)23-33(29,30)19-12(3)22-32-14(19)5/h6-9,11,13,16,23H,10H2,1-5H3,(H,21,26)/t13-,16?/m0/s1. The second-order valence-electron chi connectivity index (χ2n) is 7.62. The quantitative estimate of drug-likeness (QED) is 0.292. The number of nitro benzene ring substituents is 1.